The molecule has 25 heavy (non-hydrogen) atoms. The maximum Gasteiger partial charge on any atom is 0.256 e. The molecule has 1 aromatic rings. The Bertz CT molecular complexity index is 725. The third-order valence-electron chi connectivity index (χ3n) is 4.66. The van der Waals surface area contributed by atoms with Gasteiger partial charge in [-0.05, 0) is 31.0 Å². The number of nitrogens with one attached hydrogen (secondary N) is 1. The molecule has 1 aromatic carbocycles. The average molecular weight is 384 g/mol. The van der Waals surface area contributed by atoms with E-state index in [1.54, 1.807) is 24.1 Å². The van der Waals surface area contributed by atoms with Crippen LogP contribution < -0.4 is 5.32 Å². The molecule has 2 aliphatic rings. The zero-order chi connectivity index (χ0) is 18.1. The second-order valence-corrected chi connectivity index (χ2v) is 7.31. The van der Waals surface area contributed by atoms with Crippen LogP contribution in [0.5, 0.6) is 0 Å². The SMILES string of the molecule is CN1CC(NC(=O)C2CCCN2C(=O)c2cc(Cl)ccc2Cl)CC1=O. The van der Waals surface area contributed by atoms with Gasteiger partial charge < -0.3 is 15.1 Å². The summed E-state index contributed by atoms with van der Waals surface area (Å²) in [7, 11) is 1.71. The molecule has 2 atom stereocenters. The molecule has 0 aliphatic carbocycles. The summed E-state index contributed by atoms with van der Waals surface area (Å²) in [5, 5.41) is 3.62. The molecule has 1 N–H and O–H groups in total. The van der Waals surface area contributed by atoms with Gasteiger partial charge in [0.1, 0.15) is 6.04 Å². The van der Waals surface area contributed by atoms with Crippen LogP contribution in [-0.2, 0) is 9.59 Å². The van der Waals surface area contributed by atoms with E-state index in [4.69, 9.17) is 23.2 Å². The Kier molecular flexibility index (Phi) is 5.20. The van der Waals surface area contributed by atoms with Crippen molar-refractivity contribution in [3.05, 3.63) is 33.8 Å². The van der Waals surface area contributed by atoms with Crippen molar-refractivity contribution in [1.82, 2.24) is 15.1 Å². The molecular weight excluding hydrogens is 365 g/mol. The first-order valence-corrected chi connectivity index (χ1v) is 8.93. The van der Waals surface area contributed by atoms with Crippen molar-refractivity contribution in [1.29, 1.82) is 0 Å². The van der Waals surface area contributed by atoms with E-state index in [0.29, 0.717) is 41.5 Å². The molecule has 8 heteroatoms. The Morgan fingerprint density at radius 2 is 2.04 bits per heavy atom. The van der Waals surface area contributed by atoms with E-state index in [-0.39, 0.29) is 23.8 Å². The third-order valence-corrected chi connectivity index (χ3v) is 5.23. The first kappa shape index (κ1) is 18.0. The average Bonchev–Trinajstić information content (AvgIpc) is 3.16. The van der Waals surface area contributed by atoms with Crippen molar-refractivity contribution < 1.29 is 14.4 Å². The largest absolute Gasteiger partial charge is 0.349 e. The van der Waals surface area contributed by atoms with Gasteiger partial charge in [-0.15, -0.1) is 0 Å². The van der Waals surface area contributed by atoms with E-state index >= 15 is 0 Å². The molecule has 2 aliphatic heterocycles. The number of likely N-dealkylation sites (N-methyl/N-ethyl adjacent to an activating group) is 1. The van der Waals surface area contributed by atoms with Gasteiger partial charge in [0.15, 0.2) is 0 Å². The highest BCUT2D eigenvalue weighted by atomic mass is 35.5. The van der Waals surface area contributed by atoms with Crippen LogP contribution in [0.25, 0.3) is 0 Å². The lowest BCUT2D eigenvalue weighted by molar-refractivity contribution is -0.126. The molecule has 0 spiro atoms. The van der Waals surface area contributed by atoms with Crippen molar-refractivity contribution in [3.8, 4) is 0 Å². The Balaban J connectivity index is 1.71. The summed E-state index contributed by atoms with van der Waals surface area (Å²) in [4.78, 5) is 40.2. The van der Waals surface area contributed by atoms with Crippen molar-refractivity contribution in [2.75, 3.05) is 20.1 Å². The number of rotatable bonds is 3. The normalized spacial score (nSPS) is 23.2. The number of halogens is 2. The van der Waals surface area contributed by atoms with Gasteiger partial charge >= 0.3 is 0 Å². The second kappa shape index (κ2) is 7.22. The minimum atomic E-state index is -0.552. The summed E-state index contributed by atoms with van der Waals surface area (Å²) in [6, 6.07) is 3.94. The van der Waals surface area contributed by atoms with Crippen LogP contribution in [0.1, 0.15) is 29.6 Å². The van der Waals surface area contributed by atoms with E-state index in [1.807, 2.05) is 0 Å². The number of hydrogen-bond acceptors (Lipinski definition) is 3. The van der Waals surface area contributed by atoms with Crippen LogP contribution in [0, 0.1) is 0 Å². The molecule has 134 valence electrons. The molecule has 0 aromatic heterocycles. The Hall–Kier alpha value is -1.79. The topological polar surface area (TPSA) is 69.7 Å². The number of benzene rings is 1. The zero-order valence-corrected chi connectivity index (χ0v) is 15.3. The maximum absolute atomic E-state index is 12.8. The molecule has 2 heterocycles. The molecule has 2 fully saturated rings. The summed E-state index contributed by atoms with van der Waals surface area (Å²) >= 11 is 12.1. The lowest BCUT2D eigenvalue weighted by Crippen LogP contribution is -2.49. The van der Waals surface area contributed by atoms with Crippen LogP contribution in [-0.4, -0.2) is 59.7 Å². The van der Waals surface area contributed by atoms with Crippen LogP contribution in [0.3, 0.4) is 0 Å². The fraction of sp³-hybridized carbons (Fsp3) is 0.471. The van der Waals surface area contributed by atoms with Gasteiger partial charge in [0.2, 0.25) is 11.8 Å². The molecule has 0 saturated carbocycles. The fourth-order valence-corrected chi connectivity index (χ4v) is 3.73. The first-order chi connectivity index (χ1) is 11.9. The number of hydrogen-bond donors (Lipinski definition) is 1. The fourth-order valence-electron chi connectivity index (χ4n) is 3.36. The van der Waals surface area contributed by atoms with Crippen molar-refractivity contribution >= 4 is 40.9 Å². The number of carbonyl (C=O) groups is 3. The van der Waals surface area contributed by atoms with Crippen molar-refractivity contribution in [3.63, 3.8) is 0 Å². The van der Waals surface area contributed by atoms with E-state index < -0.39 is 6.04 Å². The monoisotopic (exact) mass is 383 g/mol. The smallest absolute Gasteiger partial charge is 0.256 e. The lowest BCUT2D eigenvalue weighted by atomic mass is 10.1. The van der Waals surface area contributed by atoms with E-state index in [2.05, 4.69) is 5.32 Å². The third kappa shape index (κ3) is 3.75. The molecular formula is C17H19Cl2N3O3. The summed E-state index contributed by atoms with van der Waals surface area (Å²) in [5.41, 5.74) is 0.296. The van der Waals surface area contributed by atoms with Crippen LogP contribution in [0.2, 0.25) is 10.0 Å². The van der Waals surface area contributed by atoms with E-state index in [0.717, 1.165) is 6.42 Å². The molecule has 3 amide bonds. The van der Waals surface area contributed by atoms with E-state index in [9.17, 15) is 14.4 Å². The minimum Gasteiger partial charge on any atom is -0.349 e. The van der Waals surface area contributed by atoms with Gasteiger partial charge in [0, 0.05) is 31.6 Å². The summed E-state index contributed by atoms with van der Waals surface area (Å²) in [5.74, 6) is -0.516. The minimum absolute atomic E-state index is 0.00960. The van der Waals surface area contributed by atoms with Crippen LogP contribution >= 0.6 is 23.2 Å². The summed E-state index contributed by atoms with van der Waals surface area (Å²) < 4.78 is 0. The Labute approximate surface area is 156 Å². The summed E-state index contributed by atoms with van der Waals surface area (Å²) in [6.07, 6.45) is 1.63. The van der Waals surface area contributed by atoms with Gasteiger partial charge in [-0.1, -0.05) is 23.2 Å². The maximum atomic E-state index is 12.8. The molecule has 6 nitrogen and oxygen atoms in total. The van der Waals surface area contributed by atoms with Gasteiger partial charge in [0.05, 0.1) is 16.6 Å². The predicted octanol–water partition coefficient (Wildman–Crippen LogP) is 1.94. The quantitative estimate of drug-likeness (QED) is 0.866. The number of likely N-dealkylation sites (tertiary alicyclic amines) is 2. The lowest BCUT2D eigenvalue weighted by Gasteiger charge is -2.25. The van der Waals surface area contributed by atoms with Gasteiger partial charge in [-0.25, -0.2) is 0 Å². The van der Waals surface area contributed by atoms with Gasteiger partial charge in [0.25, 0.3) is 5.91 Å². The molecule has 2 saturated heterocycles. The molecule has 0 bridgehead atoms. The van der Waals surface area contributed by atoms with Crippen molar-refractivity contribution in [2.45, 2.75) is 31.3 Å². The van der Waals surface area contributed by atoms with Gasteiger partial charge in [-0.2, -0.15) is 0 Å². The van der Waals surface area contributed by atoms with Crippen LogP contribution in [0.4, 0.5) is 0 Å². The standard InChI is InChI=1S/C17H19Cl2N3O3/c1-21-9-11(8-15(21)23)20-16(24)14-3-2-6-22(14)17(25)12-7-10(18)4-5-13(12)19/h4-5,7,11,14H,2-3,6,8-9H2,1H3,(H,20,24). The number of nitrogens with zero attached hydrogens (tertiary/aromatic N) is 2. The zero-order valence-electron chi connectivity index (χ0n) is 13.8. The van der Waals surface area contributed by atoms with Crippen molar-refractivity contribution in [2.24, 2.45) is 0 Å². The highest BCUT2D eigenvalue weighted by Crippen LogP contribution is 2.26. The first-order valence-electron chi connectivity index (χ1n) is 8.17. The highest BCUT2D eigenvalue weighted by Gasteiger charge is 2.37. The predicted molar refractivity (Wildman–Crippen MR) is 94.7 cm³/mol. The number of carbonyl (C=O) groups excluding carboxylic acids is 3. The second-order valence-electron chi connectivity index (χ2n) is 6.46. The molecule has 3 rings (SSSR count). The summed E-state index contributed by atoms with van der Waals surface area (Å²) in [6.45, 7) is 0.981. The Morgan fingerprint density at radius 1 is 1.28 bits per heavy atom. The van der Waals surface area contributed by atoms with Crippen LogP contribution in [0.15, 0.2) is 18.2 Å². The number of amides is 3. The molecule has 2 unspecified atom stereocenters. The molecule has 0 radical (unpaired) electrons. The Morgan fingerprint density at radius 3 is 2.72 bits per heavy atom. The highest BCUT2D eigenvalue weighted by molar-refractivity contribution is 6.35. The van der Waals surface area contributed by atoms with Gasteiger partial charge in [-0.3, -0.25) is 14.4 Å². The van der Waals surface area contributed by atoms with E-state index in [1.165, 1.54) is 11.0 Å².